The zero-order valence-corrected chi connectivity index (χ0v) is 11.8. The lowest BCUT2D eigenvalue weighted by Crippen LogP contribution is -2.12. The predicted octanol–water partition coefficient (Wildman–Crippen LogP) is 4.10. The topological polar surface area (TPSA) is 12.0 Å². The summed E-state index contributed by atoms with van der Waals surface area (Å²) in [5.74, 6) is 0.723. The van der Waals surface area contributed by atoms with Crippen molar-refractivity contribution in [2.75, 3.05) is 7.05 Å². The van der Waals surface area contributed by atoms with Gasteiger partial charge in [0.05, 0.1) is 0 Å². The monoisotopic (exact) mass is 237 g/mol. The highest BCUT2D eigenvalue weighted by molar-refractivity contribution is 8.00. The molecule has 1 aromatic rings. The van der Waals surface area contributed by atoms with Crippen LogP contribution in [0, 0.1) is 5.92 Å². The van der Waals surface area contributed by atoms with Crippen molar-refractivity contribution < 1.29 is 0 Å². The van der Waals surface area contributed by atoms with Crippen molar-refractivity contribution in [3.63, 3.8) is 0 Å². The van der Waals surface area contributed by atoms with Crippen molar-refractivity contribution >= 4 is 11.8 Å². The fourth-order valence-electron chi connectivity index (χ4n) is 1.35. The minimum atomic E-state index is 0.432. The van der Waals surface area contributed by atoms with Crippen molar-refractivity contribution in [3.05, 3.63) is 29.8 Å². The molecule has 0 amide bonds. The number of rotatable bonds is 5. The molecular formula is C14H23NS. The van der Waals surface area contributed by atoms with E-state index in [1.165, 1.54) is 10.5 Å². The average Bonchev–Trinajstić information content (AvgIpc) is 2.28. The minimum Gasteiger partial charge on any atom is -0.313 e. The molecule has 0 spiro atoms. The van der Waals surface area contributed by atoms with Gasteiger partial charge in [0.15, 0.2) is 0 Å². The van der Waals surface area contributed by atoms with Crippen LogP contribution in [0.5, 0.6) is 0 Å². The smallest absolute Gasteiger partial charge is 0.0289 e. The highest BCUT2D eigenvalue weighted by Crippen LogP contribution is 2.28. The Labute approximate surface area is 104 Å². The lowest BCUT2D eigenvalue weighted by atomic mass is 10.1. The molecule has 0 fully saturated rings. The second-order valence-corrected chi connectivity index (χ2v) is 6.10. The molecular weight excluding hydrogens is 214 g/mol. The van der Waals surface area contributed by atoms with E-state index < -0.39 is 0 Å². The zero-order valence-electron chi connectivity index (χ0n) is 10.9. The van der Waals surface area contributed by atoms with E-state index in [2.05, 4.69) is 57.3 Å². The van der Waals surface area contributed by atoms with Gasteiger partial charge in [-0.15, -0.1) is 11.8 Å². The van der Waals surface area contributed by atoms with Crippen molar-refractivity contribution in [2.45, 2.75) is 43.9 Å². The number of nitrogens with one attached hydrogen (secondary N) is 1. The van der Waals surface area contributed by atoms with Crippen LogP contribution in [0.3, 0.4) is 0 Å². The van der Waals surface area contributed by atoms with Crippen LogP contribution in [0.15, 0.2) is 29.2 Å². The lowest BCUT2D eigenvalue weighted by Gasteiger charge is -2.16. The van der Waals surface area contributed by atoms with E-state index in [0.717, 1.165) is 5.92 Å². The third-order valence-corrected chi connectivity index (χ3v) is 4.53. The highest BCUT2D eigenvalue weighted by atomic mass is 32.2. The molecule has 0 saturated heterocycles. The molecule has 0 bridgehead atoms. The highest BCUT2D eigenvalue weighted by Gasteiger charge is 2.09. The first-order chi connectivity index (χ1) is 7.54. The van der Waals surface area contributed by atoms with Gasteiger partial charge in [0, 0.05) is 16.2 Å². The van der Waals surface area contributed by atoms with Crippen molar-refractivity contribution in [1.29, 1.82) is 0 Å². The minimum absolute atomic E-state index is 0.432. The second kappa shape index (κ2) is 6.31. The van der Waals surface area contributed by atoms with E-state index in [0.29, 0.717) is 11.3 Å². The van der Waals surface area contributed by atoms with Crippen molar-refractivity contribution in [3.8, 4) is 0 Å². The summed E-state index contributed by atoms with van der Waals surface area (Å²) in [7, 11) is 1.99. The number of hydrogen-bond donors (Lipinski definition) is 1. The number of benzene rings is 1. The van der Waals surface area contributed by atoms with Gasteiger partial charge in [-0.3, -0.25) is 0 Å². The van der Waals surface area contributed by atoms with E-state index in [4.69, 9.17) is 0 Å². The Kier molecular flexibility index (Phi) is 5.36. The van der Waals surface area contributed by atoms with Crippen LogP contribution in [-0.4, -0.2) is 12.3 Å². The van der Waals surface area contributed by atoms with E-state index >= 15 is 0 Å². The van der Waals surface area contributed by atoms with Crippen LogP contribution in [0.2, 0.25) is 0 Å². The Morgan fingerprint density at radius 3 is 2.00 bits per heavy atom. The van der Waals surface area contributed by atoms with Gasteiger partial charge in [0.25, 0.3) is 0 Å². The van der Waals surface area contributed by atoms with Gasteiger partial charge >= 0.3 is 0 Å². The standard InChI is InChI=1S/C14H23NS/c1-10(2)12(4)16-14-8-6-13(7-9-14)11(3)15-5/h6-12,15H,1-5H3. The molecule has 0 heterocycles. The second-order valence-electron chi connectivity index (χ2n) is 4.65. The third kappa shape index (κ3) is 3.84. The number of hydrogen-bond acceptors (Lipinski definition) is 2. The summed E-state index contributed by atoms with van der Waals surface area (Å²) >= 11 is 1.96. The van der Waals surface area contributed by atoms with E-state index in [1.54, 1.807) is 0 Å². The molecule has 1 nitrogen and oxygen atoms in total. The third-order valence-electron chi connectivity index (χ3n) is 3.07. The quantitative estimate of drug-likeness (QED) is 0.774. The Balaban J connectivity index is 2.64. The van der Waals surface area contributed by atoms with Gasteiger partial charge in [-0.05, 0) is 37.6 Å². The first-order valence-corrected chi connectivity index (χ1v) is 6.86. The molecule has 0 radical (unpaired) electrons. The van der Waals surface area contributed by atoms with Gasteiger partial charge in [0.2, 0.25) is 0 Å². The SMILES string of the molecule is CNC(C)c1ccc(SC(C)C(C)C)cc1. The van der Waals surface area contributed by atoms with Crippen LogP contribution in [0.4, 0.5) is 0 Å². The Morgan fingerprint density at radius 2 is 1.56 bits per heavy atom. The molecule has 16 heavy (non-hydrogen) atoms. The van der Waals surface area contributed by atoms with Crippen LogP contribution >= 0.6 is 11.8 Å². The average molecular weight is 237 g/mol. The zero-order chi connectivity index (χ0) is 12.1. The summed E-state index contributed by atoms with van der Waals surface area (Å²) in [5, 5.41) is 3.93. The maximum atomic E-state index is 3.25. The van der Waals surface area contributed by atoms with E-state index in [9.17, 15) is 0 Å². The van der Waals surface area contributed by atoms with Crippen molar-refractivity contribution in [2.24, 2.45) is 5.92 Å². The summed E-state index contributed by atoms with van der Waals surface area (Å²) in [4.78, 5) is 1.37. The predicted molar refractivity (Wildman–Crippen MR) is 74.1 cm³/mol. The maximum Gasteiger partial charge on any atom is 0.0289 e. The lowest BCUT2D eigenvalue weighted by molar-refractivity contribution is 0.642. The molecule has 2 unspecified atom stereocenters. The molecule has 1 rings (SSSR count). The van der Waals surface area contributed by atoms with Crippen LogP contribution in [0.25, 0.3) is 0 Å². The molecule has 0 saturated carbocycles. The molecule has 0 aliphatic carbocycles. The molecule has 1 N–H and O–H groups in total. The van der Waals surface area contributed by atoms with Gasteiger partial charge in [-0.1, -0.05) is 32.9 Å². The largest absolute Gasteiger partial charge is 0.313 e. The van der Waals surface area contributed by atoms with Gasteiger partial charge < -0.3 is 5.32 Å². The molecule has 0 aromatic heterocycles. The summed E-state index contributed by atoms with van der Waals surface area (Å²) in [6.07, 6.45) is 0. The molecule has 0 aliphatic rings. The summed E-state index contributed by atoms with van der Waals surface area (Å²) in [6.45, 7) is 9.02. The maximum absolute atomic E-state index is 3.25. The Morgan fingerprint density at radius 1 is 1.00 bits per heavy atom. The van der Waals surface area contributed by atoms with E-state index in [1.807, 2.05) is 18.8 Å². The molecule has 2 atom stereocenters. The summed E-state index contributed by atoms with van der Waals surface area (Å²) in [6, 6.07) is 9.33. The van der Waals surface area contributed by atoms with Crippen molar-refractivity contribution in [1.82, 2.24) is 5.32 Å². The summed E-state index contributed by atoms with van der Waals surface area (Å²) < 4.78 is 0. The van der Waals surface area contributed by atoms with Gasteiger partial charge in [-0.2, -0.15) is 0 Å². The first kappa shape index (κ1) is 13.6. The van der Waals surface area contributed by atoms with Crippen LogP contribution < -0.4 is 5.32 Å². The van der Waals surface area contributed by atoms with E-state index in [-0.39, 0.29) is 0 Å². The van der Waals surface area contributed by atoms with Gasteiger partial charge in [-0.25, -0.2) is 0 Å². The van der Waals surface area contributed by atoms with Crippen LogP contribution in [0.1, 0.15) is 39.3 Å². The molecule has 1 aromatic carbocycles. The molecule has 90 valence electrons. The Hall–Kier alpha value is -0.470. The summed E-state index contributed by atoms with van der Waals surface area (Å²) in [5.41, 5.74) is 1.35. The Bertz CT molecular complexity index is 305. The van der Waals surface area contributed by atoms with Gasteiger partial charge in [0.1, 0.15) is 0 Å². The fourth-order valence-corrected chi connectivity index (χ4v) is 2.35. The molecule has 0 aliphatic heterocycles. The number of thioether (sulfide) groups is 1. The van der Waals surface area contributed by atoms with Crippen LogP contribution in [-0.2, 0) is 0 Å². The normalized spacial score (nSPS) is 15.1. The first-order valence-electron chi connectivity index (χ1n) is 5.98. The molecule has 2 heteroatoms. The fraction of sp³-hybridized carbons (Fsp3) is 0.571.